The van der Waals surface area contributed by atoms with Crippen molar-refractivity contribution in [1.82, 2.24) is 9.44 Å². The van der Waals surface area contributed by atoms with Crippen LogP contribution in [-0.4, -0.2) is 278 Å². The molecule has 0 spiro atoms. The van der Waals surface area contributed by atoms with Crippen molar-refractivity contribution in [1.29, 1.82) is 0 Å². The fourth-order valence-electron chi connectivity index (χ4n) is 9.03. The maximum atomic E-state index is 13.0. The fourth-order valence-corrected chi connectivity index (χ4v) is 11.6. The van der Waals surface area contributed by atoms with E-state index in [-0.39, 0.29) is 0 Å². The Balaban J connectivity index is 1.55. The second-order valence-electron chi connectivity index (χ2n) is 18.4. The first-order valence-electron chi connectivity index (χ1n) is 23.2. The number of carboxylic acids is 2. The largest absolute Gasteiger partial charge is 0.774 e. The van der Waals surface area contributed by atoms with E-state index in [1.54, 1.807) is 0 Å². The molecule has 0 radical (unpaired) electrons. The van der Waals surface area contributed by atoms with Crippen molar-refractivity contribution in [2.75, 3.05) is 19.8 Å². The number of carbonyl (C=O) groups is 2. The summed E-state index contributed by atoms with van der Waals surface area (Å²) in [5.41, 5.74) is 0. The zero-order chi connectivity index (χ0) is 64.8. The highest BCUT2D eigenvalue weighted by Crippen LogP contribution is 2.40. The van der Waals surface area contributed by atoms with Crippen molar-refractivity contribution in [3.8, 4) is 0 Å². The summed E-state index contributed by atoms with van der Waals surface area (Å²) in [6, 6.07) is -4.91. The zero-order valence-electron chi connectivity index (χ0n) is 42.6. The van der Waals surface area contributed by atoms with Gasteiger partial charge in [0.1, 0.15) is 73.2 Å². The maximum Gasteiger partial charge on any atom is 0.335 e. The second kappa shape index (κ2) is 31.2. The average Bonchev–Trinajstić information content (AvgIpc) is 1.25. The number of nitrogens with one attached hydrogen (secondary N) is 2. The molecule has 5 aliphatic heterocycles. The molecule has 86 heavy (non-hydrogen) atoms. The van der Waals surface area contributed by atoms with Crippen LogP contribution in [-0.2, 0) is 144 Å². The van der Waals surface area contributed by atoms with E-state index in [0.717, 1.165) is 6.92 Å². The molecule has 0 amide bonds. The lowest BCUT2D eigenvalue weighted by molar-refractivity contribution is -0.777. The van der Waals surface area contributed by atoms with Crippen LogP contribution in [0.3, 0.4) is 0 Å². The van der Waals surface area contributed by atoms with E-state index in [2.05, 4.69) is 31.3 Å². The minimum atomic E-state index is -6.10. The predicted molar refractivity (Wildman–Crippen MR) is 242 cm³/mol. The van der Waals surface area contributed by atoms with Gasteiger partial charge >= 0.3 is 11.9 Å². The summed E-state index contributed by atoms with van der Waals surface area (Å²) >= 11 is -1.54. The summed E-state index contributed by atoms with van der Waals surface area (Å²) in [6.45, 7) is -0.710. The number of hydrogen-bond acceptors (Lipinski definition) is 44. The maximum absolute atomic E-state index is 13.0. The minimum Gasteiger partial charge on any atom is -0.774 e. The number of aliphatic hydroxyl groups excluding tert-OH is 5. The summed E-state index contributed by atoms with van der Waals surface area (Å²) in [5.74, 6) is -6.66. The van der Waals surface area contributed by atoms with E-state index in [1.807, 2.05) is 0 Å². The van der Waals surface area contributed by atoms with Gasteiger partial charge in [0, 0.05) is 11.8 Å². The third-order valence-electron chi connectivity index (χ3n) is 12.8. The SMILES string of the molecule is CC1OC(COS(=O)(=O)[O-])C(OC2OC(C(=O)O)C(OC3OC(COS(=O)(=O)[O-])C(OC4OC(C(=O)O)C(OC5OC(COS(=O)(=O)[O-])C(C)C(O)C5C)C(O)C4O)C(OSOO[O-])C3NS(=O)(=O)[O-])C(O)C2OOOS[O-])C(O)C1NS(=O)(=O)[O-]. The van der Waals surface area contributed by atoms with Gasteiger partial charge in [0.2, 0.25) is 31.2 Å². The average molecular weight is 1400 g/mol. The van der Waals surface area contributed by atoms with Crippen molar-refractivity contribution in [2.24, 2.45) is 11.8 Å². The summed E-state index contributed by atoms with van der Waals surface area (Å²) in [7, 11) is -28.6. The monoisotopic (exact) mass is 1400 g/mol. The fraction of sp³-hybridized carbons (Fsp3) is 0.939. The number of aliphatic carboxylic acids is 2. The Bertz CT molecular complexity index is 2810. The lowest BCUT2D eigenvalue weighted by Gasteiger charge is -2.50. The van der Waals surface area contributed by atoms with Crippen LogP contribution < -0.4 is 14.7 Å². The lowest BCUT2D eigenvalue weighted by atomic mass is 9.86. The molecule has 0 saturated carbocycles. The van der Waals surface area contributed by atoms with Gasteiger partial charge in [-0.3, -0.25) is 21.8 Å². The Labute approximate surface area is 492 Å². The van der Waals surface area contributed by atoms with Gasteiger partial charge in [-0.1, -0.05) is 31.2 Å². The Morgan fingerprint density at radius 3 is 1.48 bits per heavy atom. The highest BCUT2D eigenvalue weighted by molar-refractivity contribution is 7.89. The number of ether oxygens (including phenoxy) is 9. The van der Waals surface area contributed by atoms with Gasteiger partial charge in [0.15, 0.2) is 76.4 Å². The molecule has 9 N–H and O–H groups in total. The smallest absolute Gasteiger partial charge is 0.335 e. The van der Waals surface area contributed by atoms with E-state index < -0.39 is 261 Å². The number of rotatable bonds is 31. The molecular formula is C33H49N2O44S7-7. The molecule has 25 atom stereocenters. The van der Waals surface area contributed by atoms with Crippen LogP contribution in [0.5, 0.6) is 0 Å². The van der Waals surface area contributed by atoms with Crippen LogP contribution in [0, 0.1) is 11.8 Å². The van der Waals surface area contributed by atoms with Crippen LogP contribution in [0.15, 0.2) is 0 Å². The first-order chi connectivity index (χ1) is 39.6. The Morgan fingerprint density at radius 1 is 0.500 bits per heavy atom. The molecule has 5 fully saturated rings. The van der Waals surface area contributed by atoms with Gasteiger partial charge < -0.3 is 111 Å². The van der Waals surface area contributed by atoms with Crippen LogP contribution in [0.4, 0.5) is 0 Å². The topological polar surface area (TPSA) is 698 Å². The molecule has 5 saturated heterocycles. The molecule has 5 aliphatic rings. The first-order valence-corrected chi connectivity index (χ1v) is 31.4. The Hall–Kier alpha value is -1.89. The van der Waals surface area contributed by atoms with E-state index >= 15 is 0 Å². The molecule has 46 nitrogen and oxygen atoms in total. The molecule has 0 aliphatic carbocycles. The van der Waals surface area contributed by atoms with Crippen LogP contribution in [0.25, 0.3) is 0 Å². The molecule has 53 heteroatoms. The van der Waals surface area contributed by atoms with Gasteiger partial charge in [-0.2, -0.15) is 4.89 Å². The van der Waals surface area contributed by atoms with Crippen LogP contribution in [0.2, 0.25) is 0 Å². The van der Waals surface area contributed by atoms with Gasteiger partial charge in [0.25, 0.3) is 0 Å². The summed E-state index contributed by atoms with van der Waals surface area (Å²) < 4.78 is 266. The molecule has 504 valence electrons. The van der Waals surface area contributed by atoms with Crippen molar-refractivity contribution >= 4 is 88.4 Å². The van der Waals surface area contributed by atoms with Gasteiger partial charge in [0.05, 0.1) is 44.2 Å². The lowest BCUT2D eigenvalue weighted by Crippen LogP contribution is -2.70. The summed E-state index contributed by atoms with van der Waals surface area (Å²) in [4.78, 5) is 30.6. The zero-order valence-corrected chi connectivity index (χ0v) is 48.4. The van der Waals surface area contributed by atoms with Gasteiger partial charge in [-0.25, -0.2) is 61.1 Å². The molecule has 25 unspecified atom stereocenters. The quantitative estimate of drug-likeness (QED) is 0.00777. The number of aliphatic hydroxyl groups is 5. The molecule has 0 aromatic carbocycles. The van der Waals surface area contributed by atoms with Gasteiger partial charge in [-0.15, -0.1) is 8.67 Å². The van der Waals surface area contributed by atoms with E-state index in [9.17, 15) is 120 Å². The molecule has 0 bridgehead atoms. The Kier molecular flexibility index (Phi) is 27.1. The molecular weight excluding hydrogens is 1350 g/mol. The summed E-state index contributed by atoms with van der Waals surface area (Å²) in [5, 5.41) is 95.9. The number of carboxylic acid groups (broad SMARTS) is 2. The first kappa shape index (κ1) is 74.8. The van der Waals surface area contributed by atoms with Crippen molar-refractivity contribution in [3.05, 3.63) is 0 Å². The predicted octanol–water partition coefficient (Wildman–Crippen LogP) is -11.1. The third-order valence-corrected chi connectivity index (χ3v) is 15.8. The van der Waals surface area contributed by atoms with E-state index in [1.165, 1.54) is 23.3 Å². The normalized spacial score (nSPS) is 39.6. The molecule has 0 aromatic rings. The highest BCUT2D eigenvalue weighted by atomic mass is 32.3. The molecule has 5 rings (SSSR count). The van der Waals surface area contributed by atoms with Crippen molar-refractivity contribution in [3.63, 3.8) is 0 Å². The number of hydrogen-bond donors (Lipinski definition) is 9. The van der Waals surface area contributed by atoms with E-state index in [4.69, 9.17) is 51.7 Å². The van der Waals surface area contributed by atoms with Crippen LogP contribution >= 0.6 is 24.6 Å². The van der Waals surface area contributed by atoms with Gasteiger partial charge in [-0.05, 0) is 6.92 Å². The van der Waals surface area contributed by atoms with Crippen LogP contribution in [0.1, 0.15) is 20.8 Å². The standard InChI is InChI=1S/C33H56N2O44S7/c1-7-10(4-62-84(53,54)55)66-30(8(2)15(7)36)70-23-17(38)18(39)32(72-26(23)28(41)42)69-21-12(6-64-86(59,60)61)67-31(14(35-83(50,51)52)22(21)75-81-78-76-45)71-24-19(40)25(74-77-79-80-46)33(73-27(24)29(43)44)68-20-11(5-63-85(56,57)58)65-9(3)13(16(20)37)34-82(47,48)49/h7-27,30-40,45-46H,4-6H2,1-3H3,(H,41,42)(H,43,44)(H,47,48,49)(H,50,51,52)(H,53,54,55)(H,56,57,58)(H,59,60,61)/p-7. The van der Waals surface area contributed by atoms with Crippen molar-refractivity contribution < 1.29 is 203 Å². The van der Waals surface area contributed by atoms with E-state index in [0.29, 0.717) is 0 Å². The third kappa shape index (κ3) is 21.1. The second-order valence-corrected chi connectivity index (χ2v) is 24.6. The highest BCUT2D eigenvalue weighted by Gasteiger charge is 2.60. The summed E-state index contributed by atoms with van der Waals surface area (Å²) in [6.07, 6.45) is -51.5. The molecule has 0 aromatic heterocycles. The van der Waals surface area contributed by atoms with Crippen molar-refractivity contribution in [2.45, 2.75) is 162 Å². The minimum absolute atomic E-state index is 0.649. The molecule has 5 heterocycles. The Morgan fingerprint density at radius 2 is 0.965 bits per heavy atom.